The van der Waals surface area contributed by atoms with E-state index >= 15 is 0 Å². The Balaban J connectivity index is 2.11. The molecule has 13 heteroatoms. The Hall–Kier alpha value is -3.48. The summed E-state index contributed by atoms with van der Waals surface area (Å²) >= 11 is 0. The minimum atomic E-state index is -1.32. The molecule has 1 aliphatic heterocycles. The van der Waals surface area contributed by atoms with Crippen LogP contribution in [0.2, 0.25) is 0 Å². The molecule has 13 nitrogen and oxygen atoms in total. The van der Waals surface area contributed by atoms with Crippen molar-refractivity contribution in [3.8, 4) is 0 Å². The molecule has 0 bridgehead atoms. The molecule has 1 fully saturated rings. The highest BCUT2D eigenvalue weighted by Crippen LogP contribution is 2.19. The number of carboxylic acid groups (broad SMARTS) is 2. The highest BCUT2D eigenvalue weighted by molar-refractivity contribution is 5.94. The number of nitrogens with one attached hydrogen (secondary N) is 3. The number of nitrogens with two attached hydrogens (primary N) is 1. The number of carbonyl (C=O) groups excluding carboxylic acids is 3. The van der Waals surface area contributed by atoms with Crippen molar-refractivity contribution < 1.29 is 34.2 Å². The van der Waals surface area contributed by atoms with Crippen molar-refractivity contribution in [2.45, 2.75) is 63.2 Å². The number of aliphatic carboxylic acids is 2. The number of nitrogens with zero attached hydrogens (tertiary/aromatic N) is 2. The van der Waals surface area contributed by atoms with Gasteiger partial charge in [-0.25, -0.2) is 9.78 Å². The van der Waals surface area contributed by atoms with Crippen molar-refractivity contribution in [1.82, 2.24) is 25.5 Å². The zero-order chi connectivity index (χ0) is 23.8. The number of carbonyl (C=O) groups is 5. The number of imidazole rings is 1. The smallest absolute Gasteiger partial charge is 0.326 e. The minimum absolute atomic E-state index is 0.0834. The number of aromatic amines is 1. The highest BCUT2D eigenvalue weighted by Gasteiger charge is 2.37. The first-order valence-electron chi connectivity index (χ1n) is 10.2. The average molecular weight is 452 g/mol. The molecule has 0 aromatic carbocycles. The fourth-order valence-corrected chi connectivity index (χ4v) is 3.46. The lowest BCUT2D eigenvalue weighted by molar-refractivity contribution is -0.143. The van der Waals surface area contributed by atoms with Gasteiger partial charge in [0.2, 0.25) is 17.7 Å². The van der Waals surface area contributed by atoms with E-state index in [0.717, 1.165) is 0 Å². The largest absolute Gasteiger partial charge is 0.481 e. The number of hydrogen-bond acceptors (Lipinski definition) is 7. The van der Waals surface area contributed by atoms with Crippen LogP contribution in [0.5, 0.6) is 0 Å². The van der Waals surface area contributed by atoms with Crippen LogP contribution in [0.4, 0.5) is 0 Å². The quantitative estimate of drug-likeness (QED) is 0.224. The SMILES string of the molecule is CC(N)C(=O)N1CCCC1C(=O)NC(CCC(=O)O)C(=O)NC(Cc1cnc[nH]1)C(=O)O. The van der Waals surface area contributed by atoms with Crippen molar-refractivity contribution in [2.24, 2.45) is 5.73 Å². The summed E-state index contributed by atoms with van der Waals surface area (Å²) in [5.74, 6) is -4.35. The van der Waals surface area contributed by atoms with E-state index in [1.54, 1.807) is 0 Å². The summed E-state index contributed by atoms with van der Waals surface area (Å²) in [4.78, 5) is 68.3. The van der Waals surface area contributed by atoms with Crippen LogP contribution < -0.4 is 16.4 Å². The van der Waals surface area contributed by atoms with Gasteiger partial charge in [-0.3, -0.25) is 19.2 Å². The zero-order valence-corrected chi connectivity index (χ0v) is 17.6. The third-order valence-electron chi connectivity index (χ3n) is 5.10. The maximum atomic E-state index is 12.8. The van der Waals surface area contributed by atoms with Gasteiger partial charge >= 0.3 is 11.9 Å². The Kier molecular flexibility index (Phi) is 8.70. The number of amides is 3. The predicted molar refractivity (Wildman–Crippen MR) is 109 cm³/mol. The molecular weight excluding hydrogens is 424 g/mol. The standard InChI is InChI=1S/C19H28N6O7/c1-10(20)18(30)25-6-2-3-14(25)17(29)23-12(4-5-15(26)27)16(28)24-13(19(31)32)7-11-8-21-9-22-11/h8-10,12-14H,2-7,20H2,1H3,(H,21,22)(H,23,29)(H,24,28)(H,26,27)(H,31,32). The maximum absolute atomic E-state index is 12.8. The van der Waals surface area contributed by atoms with Crippen LogP contribution in [0, 0.1) is 0 Å². The van der Waals surface area contributed by atoms with Crippen molar-refractivity contribution >= 4 is 29.7 Å². The third-order valence-corrected chi connectivity index (χ3v) is 5.10. The van der Waals surface area contributed by atoms with Crippen LogP contribution in [0.15, 0.2) is 12.5 Å². The number of H-pyrrole nitrogens is 1. The van der Waals surface area contributed by atoms with E-state index in [9.17, 15) is 29.1 Å². The molecule has 2 heterocycles. The van der Waals surface area contributed by atoms with Gasteiger partial charge in [0.1, 0.15) is 18.1 Å². The predicted octanol–water partition coefficient (Wildman–Crippen LogP) is -1.79. The first kappa shape index (κ1) is 24.8. The average Bonchev–Trinajstić information content (AvgIpc) is 3.41. The molecule has 176 valence electrons. The second kappa shape index (κ2) is 11.2. The van der Waals surface area contributed by atoms with Crippen LogP contribution >= 0.6 is 0 Å². The fraction of sp³-hybridized carbons (Fsp3) is 0.579. The van der Waals surface area contributed by atoms with Crippen LogP contribution in [-0.2, 0) is 30.4 Å². The van der Waals surface area contributed by atoms with Gasteiger partial charge in [0.25, 0.3) is 0 Å². The summed E-state index contributed by atoms with van der Waals surface area (Å²) in [5.41, 5.74) is 6.10. The van der Waals surface area contributed by atoms with Crippen molar-refractivity contribution in [1.29, 1.82) is 0 Å². The molecular formula is C19H28N6O7. The lowest BCUT2D eigenvalue weighted by Crippen LogP contribution is -2.56. The molecule has 1 aromatic heterocycles. The Morgan fingerprint density at radius 2 is 1.97 bits per heavy atom. The number of likely N-dealkylation sites (tertiary alicyclic amines) is 1. The Morgan fingerprint density at radius 3 is 2.53 bits per heavy atom. The van der Waals surface area contributed by atoms with Gasteiger partial charge in [0.05, 0.1) is 12.4 Å². The van der Waals surface area contributed by atoms with Gasteiger partial charge in [-0.15, -0.1) is 0 Å². The number of hydrogen-bond donors (Lipinski definition) is 6. The van der Waals surface area contributed by atoms with Gasteiger partial charge in [-0.2, -0.15) is 0 Å². The van der Waals surface area contributed by atoms with E-state index in [2.05, 4.69) is 20.6 Å². The molecule has 0 aliphatic carbocycles. The zero-order valence-electron chi connectivity index (χ0n) is 17.6. The van der Waals surface area contributed by atoms with E-state index in [1.165, 1.54) is 24.3 Å². The van der Waals surface area contributed by atoms with Crippen molar-refractivity contribution in [3.63, 3.8) is 0 Å². The van der Waals surface area contributed by atoms with Crippen molar-refractivity contribution in [2.75, 3.05) is 6.54 Å². The fourth-order valence-electron chi connectivity index (χ4n) is 3.46. The molecule has 7 N–H and O–H groups in total. The molecule has 0 radical (unpaired) electrons. The van der Waals surface area contributed by atoms with Crippen LogP contribution in [0.25, 0.3) is 0 Å². The Labute approximate surface area is 183 Å². The first-order valence-corrected chi connectivity index (χ1v) is 10.2. The lowest BCUT2D eigenvalue weighted by Gasteiger charge is -2.27. The molecule has 2 rings (SSSR count). The summed E-state index contributed by atoms with van der Waals surface area (Å²) in [7, 11) is 0. The molecule has 3 amide bonds. The van der Waals surface area contributed by atoms with Gasteiger partial charge in [-0.05, 0) is 26.2 Å². The first-order chi connectivity index (χ1) is 15.1. The number of carboxylic acids is 2. The summed E-state index contributed by atoms with van der Waals surface area (Å²) in [5, 5.41) is 23.2. The van der Waals surface area contributed by atoms with Crippen LogP contribution in [0.3, 0.4) is 0 Å². The summed E-state index contributed by atoms with van der Waals surface area (Å²) < 4.78 is 0. The lowest BCUT2D eigenvalue weighted by atomic mass is 10.1. The minimum Gasteiger partial charge on any atom is -0.481 e. The summed E-state index contributed by atoms with van der Waals surface area (Å²) in [6, 6.07) is -4.26. The topological polar surface area (TPSA) is 208 Å². The Bertz CT molecular complexity index is 841. The second-order valence-electron chi connectivity index (χ2n) is 7.65. The molecule has 0 spiro atoms. The molecule has 0 saturated carbocycles. The molecule has 32 heavy (non-hydrogen) atoms. The van der Waals surface area contributed by atoms with Crippen LogP contribution in [0.1, 0.15) is 38.3 Å². The van der Waals surface area contributed by atoms with Crippen LogP contribution in [-0.4, -0.2) is 85.5 Å². The van der Waals surface area contributed by atoms with E-state index in [-0.39, 0.29) is 12.8 Å². The number of aromatic nitrogens is 2. The molecule has 1 saturated heterocycles. The van der Waals surface area contributed by atoms with E-state index in [4.69, 9.17) is 10.8 Å². The second-order valence-corrected chi connectivity index (χ2v) is 7.65. The summed E-state index contributed by atoms with van der Waals surface area (Å²) in [6.45, 7) is 1.85. The highest BCUT2D eigenvalue weighted by atomic mass is 16.4. The summed E-state index contributed by atoms with van der Waals surface area (Å²) in [6.07, 6.45) is 2.96. The monoisotopic (exact) mass is 452 g/mol. The molecule has 4 unspecified atom stereocenters. The molecule has 4 atom stereocenters. The van der Waals surface area contributed by atoms with E-state index < -0.39 is 60.2 Å². The van der Waals surface area contributed by atoms with Crippen molar-refractivity contribution in [3.05, 3.63) is 18.2 Å². The van der Waals surface area contributed by atoms with Gasteiger partial charge in [0, 0.05) is 31.3 Å². The number of rotatable bonds is 11. The maximum Gasteiger partial charge on any atom is 0.326 e. The van der Waals surface area contributed by atoms with E-state index in [0.29, 0.717) is 25.1 Å². The normalized spacial score (nSPS) is 18.4. The van der Waals surface area contributed by atoms with Gasteiger partial charge in [-0.1, -0.05) is 0 Å². The van der Waals surface area contributed by atoms with Gasteiger partial charge < -0.3 is 36.5 Å². The van der Waals surface area contributed by atoms with Gasteiger partial charge in [0.15, 0.2) is 0 Å². The molecule has 1 aliphatic rings. The Morgan fingerprint density at radius 1 is 1.25 bits per heavy atom. The molecule has 1 aromatic rings. The van der Waals surface area contributed by atoms with E-state index in [1.807, 2.05) is 0 Å². The third kappa shape index (κ3) is 6.77.